The maximum absolute atomic E-state index is 14.6. The van der Waals surface area contributed by atoms with Gasteiger partial charge < -0.3 is 13.9 Å². The minimum absolute atomic E-state index is 0.0318. The zero-order chi connectivity index (χ0) is 30.1. The molecular weight excluding hydrogens is 562 g/mol. The number of carbonyl (C=O) groups is 1. The van der Waals surface area contributed by atoms with Crippen molar-refractivity contribution >= 4 is 22.6 Å². The van der Waals surface area contributed by atoms with E-state index in [1.807, 2.05) is 17.7 Å². The van der Waals surface area contributed by atoms with Crippen molar-refractivity contribution in [1.29, 1.82) is 0 Å². The minimum Gasteiger partial charge on any atom is -0.429 e. The first-order valence-electron chi connectivity index (χ1n) is 14.9. The number of benzene rings is 2. The van der Waals surface area contributed by atoms with E-state index in [-0.39, 0.29) is 28.9 Å². The predicted molar refractivity (Wildman–Crippen MR) is 152 cm³/mol. The molecule has 0 spiro atoms. The van der Waals surface area contributed by atoms with Crippen LogP contribution in [0, 0.1) is 11.9 Å². The fourth-order valence-electron chi connectivity index (χ4n) is 7.61. The van der Waals surface area contributed by atoms with Crippen molar-refractivity contribution in [2.45, 2.75) is 70.1 Å². The number of aromatic nitrogens is 3. The second-order valence-electron chi connectivity index (χ2n) is 12.6. The number of hydrogen-bond acceptors (Lipinski definition) is 5. The molecule has 226 valence electrons. The second kappa shape index (κ2) is 10.2. The van der Waals surface area contributed by atoms with E-state index in [1.165, 1.54) is 17.0 Å². The molecular formula is C32H33F4N5O2. The van der Waals surface area contributed by atoms with Gasteiger partial charge in [0.1, 0.15) is 12.2 Å². The number of piperidine rings is 1. The van der Waals surface area contributed by atoms with E-state index in [2.05, 4.69) is 22.0 Å². The van der Waals surface area contributed by atoms with Crippen molar-refractivity contribution in [3.05, 3.63) is 76.3 Å². The Hall–Kier alpha value is -3.73. The summed E-state index contributed by atoms with van der Waals surface area (Å²) in [5.74, 6) is 0.672. The van der Waals surface area contributed by atoms with E-state index in [0.717, 1.165) is 63.0 Å². The summed E-state index contributed by atoms with van der Waals surface area (Å²) in [5.41, 5.74) is 0.287. The maximum Gasteiger partial charge on any atom is 0.416 e. The number of rotatable bonds is 5. The smallest absolute Gasteiger partial charge is 0.416 e. The Bertz CT molecular complexity index is 1720. The summed E-state index contributed by atoms with van der Waals surface area (Å²) in [6, 6.07) is 6.85. The average molecular weight is 596 g/mol. The van der Waals surface area contributed by atoms with Gasteiger partial charge in [-0.05, 0) is 79.1 Å². The van der Waals surface area contributed by atoms with Crippen LogP contribution in [0.25, 0.3) is 11.0 Å². The fourth-order valence-corrected chi connectivity index (χ4v) is 7.61. The maximum atomic E-state index is 14.6. The number of nitrogens with zero attached hydrogens (tertiary/aromatic N) is 5. The number of hydrogen-bond donors (Lipinski definition) is 0. The summed E-state index contributed by atoms with van der Waals surface area (Å²) in [6.45, 7) is 3.81. The molecule has 2 aliphatic heterocycles. The molecule has 7 nitrogen and oxygen atoms in total. The van der Waals surface area contributed by atoms with E-state index in [1.54, 1.807) is 18.5 Å². The van der Waals surface area contributed by atoms with Crippen molar-refractivity contribution in [1.82, 2.24) is 19.7 Å². The molecule has 0 radical (unpaired) electrons. The number of anilines is 1. The molecule has 0 N–H and O–H groups in total. The molecule has 43 heavy (non-hydrogen) atoms. The molecule has 1 saturated heterocycles. The van der Waals surface area contributed by atoms with E-state index in [0.29, 0.717) is 23.4 Å². The normalized spacial score (nSPS) is 20.8. The number of amides is 1. The zero-order valence-corrected chi connectivity index (χ0v) is 24.2. The van der Waals surface area contributed by atoms with Gasteiger partial charge in [0.15, 0.2) is 5.58 Å². The van der Waals surface area contributed by atoms with Gasteiger partial charge in [0.2, 0.25) is 0 Å². The summed E-state index contributed by atoms with van der Waals surface area (Å²) >= 11 is 0. The standard InChI is InChI=1S/C32H33F4N5O2/c1-19-6-5-9-40(15-19)16-20-10-23-24(25(11-20)32(34,35)36)17-41(29(23)42)26-14-22(12-21-13-27(33)43-28(21)26)31(7-3-4-8-31)30-38-37-18-39(30)2/h10-14,18-19H,3-9,15-17H2,1-2H3/t19-/m0/s1. The van der Waals surface area contributed by atoms with Crippen LogP contribution in [0.5, 0.6) is 0 Å². The van der Waals surface area contributed by atoms with Gasteiger partial charge in [0.25, 0.3) is 11.9 Å². The molecule has 1 atom stereocenters. The molecule has 2 aromatic heterocycles. The van der Waals surface area contributed by atoms with Crippen LogP contribution in [0.3, 0.4) is 0 Å². The first-order chi connectivity index (χ1) is 20.5. The van der Waals surface area contributed by atoms with Gasteiger partial charge in [0.05, 0.1) is 23.2 Å². The Morgan fingerprint density at radius 1 is 1.09 bits per heavy atom. The molecule has 11 heteroatoms. The summed E-state index contributed by atoms with van der Waals surface area (Å²) in [7, 11) is 1.87. The number of fused-ring (bicyclic) bond motifs is 2. The summed E-state index contributed by atoms with van der Waals surface area (Å²) in [5, 5.41) is 8.94. The lowest BCUT2D eigenvalue weighted by atomic mass is 9.77. The average Bonchev–Trinajstić information content (AvgIpc) is 3.74. The number of carbonyl (C=O) groups excluding carboxylic acids is 1. The lowest BCUT2D eigenvalue weighted by Gasteiger charge is -2.31. The third-order valence-corrected chi connectivity index (χ3v) is 9.56. The molecule has 1 amide bonds. The Labute approximate surface area is 246 Å². The first-order valence-corrected chi connectivity index (χ1v) is 14.9. The van der Waals surface area contributed by atoms with Crippen LogP contribution < -0.4 is 4.90 Å². The van der Waals surface area contributed by atoms with Crippen molar-refractivity contribution in [3.63, 3.8) is 0 Å². The summed E-state index contributed by atoms with van der Waals surface area (Å²) in [6.07, 6.45) is 2.52. The molecule has 3 aliphatic rings. The third kappa shape index (κ3) is 4.72. The molecule has 2 aromatic carbocycles. The monoisotopic (exact) mass is 595 g/mol. The highest BCUT2D eigenvalue weighted by Crippen LogP contribution is 2.49. The lowest BCUT2D eigenvalue weighted by molar-refractivity contribution is -0.138. The molecule has 0 bridgehead atoms. The van der Waals surface area contributed by atoms with E-state index in [9.17, 15) is 22.4 Å². The van der Waals surface area contributed by atoms with Crippen LogP contribution in [0.15, 0.2) is 41.1 Å². The topological polar surface area (TPSA) is 67.4 Å². The van der Waals surface area contributed by atoms with Crippen molar-refractivity contribution in [2.24, 2.45) is 13.0 Å². The fraction of sp³-hybridized carbons (Fsp3) is 0.469. The van der Waals surface area contributed by atoms with Crippen molar-refractivity contribution < 1.29 is 26.8 Å². The Morgan fingerprint density at radius 2 is 1.88 bits per heavy atom. The SMILES string of the molecule is C[C@H]1CCCN(Cc2cc3c(c(C(F)(F)F)c2)CN(c2cc(C4(c5nncn5C)CCCC4)cc4cc(F)oc24)C3=O)C1. The third-order valence-electron chi connectivity index (χ3n) is 9.56. The molecule has 4 aromatic rings. The number of halogens is 4. The minimum atomic E-state index is -4.64. The lowest BCUT2D eigenvalue weighted by Crippen LogP contribution is -2.33. The van der Waals surface area contributed by atoms with E-state index >= 15 is 0 Å². The Kier molecular flexibility index (Phi) is 6.64. The van der Waals surface area contributed by atoms with Gasteiger partial charge >= 0.3 is 6.18 Å². The summed E-state index contributed by atoms with van der Waals surface area (Å²) in [4.78, 5) is 17.5. The van der Waals surface area contributed by atoms with Crippen molar-refractivity contribution in [2.75, 3.05) is 18.0 Å². The predicted octanol–water partition coefficient (Wildman–Crippen LogP) is 6.97. The summed E-state index contributed by atoms with van der Waals surface area (Å²) < 4.78 is 65.3. The number of furan rings is 1. The quantitative estimate of drug-likeness (QED) is 0.233. The van der Waals surface area contributed by atoms with E-state index in [4.69, 9.17) is 4.42 Å². The zero-order valence-electron chi connectivity index (χ0n) is 24.2. The molecule has 7 rings (SSSR count). The molecule has 1 saturated carbocycles. The van der Waals surface area contributed by atoms with Crippen LogP contribution in [0.1, 0.15) is 83.9 Å². The number of likely N-dealkylation sites (tertiary alicyclic amines) is 1. The number of alkyl halides is 3. The van der Waals surface area contributed by atoms with E-state index < -0.39 is 29.1 Å². The second-order valence-corrected chi connectivity index (χ2v) is 12.6. The molecule has 0 unspecified atom stereocenters. The van der Waals surface area contributed by atoms with Crippen LogP contribution in [0.2, 0.25) is 0 Å². The Balaban J connectivity index is 1.34. The van der Waals surface area contributed by atoms with Gasteiger partial charge in [-0.2, -0.15) is 17.6 Å². The van der Waals surface area contributed by atoms with Gasteiger partial charge in [-0.3, -0.25) is 9.69 Å². The van der Waals surface area contributed by atoms with Gasteiger partial charge in [-0.15, -0.1) is 10.2 Å². The highest BCUT2D eigenvalue weighted by Gasteiger charge is 2.44. The Morgan fingerprint density at radius 3 is 2.58 bits per heavy atom. The highest BCUT2D eigenvalue weighted by molar-refractivity contribution is 6.13. The van der Waals surface area contributed by atoms with Crippen LogP contribution >= 0.6 is 0 Å². The first kappa shape index (κ1) is 28.1. The molecule has 4 heterocycles. The molecule has 1 aliphatic carbocycles. The van der Waals surface area contributed by atoms with Crippen LogP contribution in [0.4, 0.5) is 23.2 Å². The van der Waals surface area contributed by atoms with Gasteiger partial charge in [0, 0.05) is 37.2 Å². The number of aryl methyl sites for hydroxylation is 1. The van der Waals surface area contributed by atoms with Gasteiger partial charge in [-0.25, -0.2) is 0 Å². The van der Waals surface area contributed by atoms with Crippen LogP contribution in [-0.2, 0) is 31.7 Å². The largest absolute Gasteiger partial charge is 0.429 e. The van der Waals surface area contributed by atoms with Crippen LogP contribution in [-0.4, -0.2) is 38.7 Å². The molecule has 2 fully saturated rings. The van der Waals surface area contributed by atoms with Crippen molar-refractivity contribution in [3.8, 4) is 0 Å². The van der Waals surface area contributed by atoms with Gasteiger partial charge in [-0.1, -0.05) is 19.8 Å². The highest BCUT2D eigenvalue weighted by atomic mass is 19.4.